The Morgan fingerprint density at radius 2 is 1.71 bits per heavy atom. The molecule has 0 saturated carbocycles. The second kappa shape index (κ2) is 9.73. The van der Waals surface area contributed by atoms with Crippen molar-refractivity contribution in [2.75, 3.05) is 0 Å². The van der Waals surface area contributed by atoms with Crippen LogP contribution in [0.3, 0.4) is 0 Å². The molecule has 0 aliphatic rings. The van der Waals surface area contributed by atoms with Gasteiger partial charge >= 0.3 is 0 Å². The summed E-state index contributed by atoms with van der Waals surface area (Å²) in [5, 5.41) is 10.6. The SMILES string of the molecule is CC(Oc1ccc(F)cc1)c1nnc(SCc2ccc(Cl)c(Cl)c2)n1-c1ccccc1. The molecule has 1 unspecified atom stereocenters. The molecule has 158 valence electrons. The molecular weight excluding hydrogens is 456 g/mol. The Balaban J connectivity index is 1.62. The lowest BCUT2D eigenvalue weighted by Gasteiger charge is -2.16. The van der Waals surface area contributed by atoms with Crippen LogP contribution >= 0.6 is 35.0 Å². The van der Waals surface area contributed by atoms with Crippen LogP contribution < -0.4 is 4.74 Å². The number of aromatic nitrogens is 3. The van der Waals surface area contributed by atoms with Crippen molar-refractivity contribution in [2.45, 2.75) is 23.9 Å². The second-order valence-corrected chi connectivity index (χ2v) is 8.52. The van der Waals surface area contributed by atoms with E-state index in [4.69, 9.17) is 27.9 Å². The van der Waals surface area contributed by atoms with E-state index in [1.165, 1.54) is 23.9 Å². The standard InChI is InChI=1S/C23H18Cl2FN3OS/c1-15(30-19-10-8-17(26)9-11-19)22-27-28-23(29(22)18-5-3-2-4-6-18)31-14-16-7-12-20(24)21(25)13-16/h2-13,15H,14H2,1H3. The van der Waals surface area contributed by atoms with Gasteiger partial charge in [-0.3, -0.25) is 4.57 Å². The van der Waals surface area contributed by atoms with Gasteiger partial charge in [0, 0.05) is 11.4 Å². The molecule has 1 aromatic heterocycles. The lowest BCUT2D eigenvalue weighted by molar-refractivity contribution is 0.213. The molecule has 0 fully saturated rings. The zero-order valence-corrected chi connectivity index (χ0v) is 18.8. The van der Waals surface area contributed by atoms with E-state index in [9.17, 15) is 4.39 Å². The monoisotopic (exact) mass is 473 g/mol. The Labute approximate surface area is 194 Å². The molecule has 0 N–H and O–H groups in total. The van der Waals surface area contributed by atoms with Crippen molar-refractivity contribution in [2.24, 2.45) is 0 Å². The maximum Gasteiger partial charge on any atom is 0.196 e. The zero-order chi connectivity index (χ0) is 21.8. The normalized spacial score (nSPS) is 12.0. The van der Waals surface area contributed by atoms with Crippen molar-refractivity contribution >= 4 is 35.0 Å². The average molecular weight is 474 g/mol. The van der Waals surface area contributed by atoms with Gasteiger partial charge in [0.2, 0.25) is 0 Å². The van der Waals surface area contributed by atoms with Gasteiger partial charge in [0.1, 0.15) is 11.6 Å². The average Bonchev–Trinajstić information content (AvgIpc) is 3.21. The number of rotatable bonds is 7. The van der Waals surface area contributed by atoms with Crippen molar-refractivity contribution in [1.29, 1.82) is 0 Å². The third-order valence-corrected chi connectivity index (χ3v) is 6.25. The number of thioether (sulfide) groups is 1. The van der Waals surface area contributed by atoms with Gasteiger partial charge in [0.25, 0.3) is 0 Å². The highest BCUT2D eigenvalue weighted by Crippen LogP contribution is 2.31. The number of ether oxygens (including phenoxy) is 1. The van der Waals surface area contributed by atoms with E-state index >= 15 is 0 Å². The molecule has 0 amide bonds. The van der Waals surface area contributed by atoms with E-state index in [2.05, 4.69) is 10.2 Å². The van der Waals surface area contributed by atoms with Crippen LogP contribution in [-0.2, 0) is 5.75 Å². The van der Waals surface area contributed by atoms with Gasteiger partial charge in [0.05, 0.1) is 10.0 Å². The molecule has 0 saturated heterocycles. The maximum absolute atomic E-state index is 13.2. The summed E-state index contributed by atoms with van der Waals surface area (Å²) in [5.41, 5.74) is 1.95. The quantitative estimate of drug-likeness (QED) is 0.267. The molecule has 1 heterocycles. The van der Waals surface area contributed by atoms with Crippen LogP contribution in [-0.4, -0.2) is 14.8 Å². The second-order valence-electron chi connectivity index (χ2n) is 6.76. The zero-order valence-electron chi connectivity index (χ0n) is 16.5. The van der Waals surface area contributed by atoms with Crippen LogP contribution in [0.1, 0.15) is 24.4 Å². The number of para-hydroxylation sites is 1. The van der Waals surface area contributed by atoms with Crippen LogP contribution in [0.5, 0.6) is 5.75 Å². The minimum absolute atomic E-state index is 0.312. The topological polar surface area (TPSA) is 39.9 Å². The third-order valence-electron chi connectivity index (χ3n) is 4.51. The Kier molecular flexibility index (Phi) is 6.80. The van der Waals surface area contributed by atoms with Crippen LogP contribution in [0.25, 0.3) is 5.69 Å². The molecule has 0 aliphatic heterocycles. The van der Waals surface area contributed by atoms with Gasteiger partial charge < -0.3 is 4.74 Å². The van der Waals surface area contributed by atoms with Crippen molar-refractivity contribution in [3.63, 3.8) is 0 Å². The molecule has 8 heteroatoms. The lowest BCUT2D eigenvalue weighted by Crippen LogP contribution is -2.11. The molecule has 4 nitrogen and oxygen atoms in total. The third kappa shape index (κ3) is 5.21. The summed E-state index contributed by atoms with van der Waals surface area (Å²) in [6.07, 6.45) is -0.405. The van der Waals surface area contributed by atoms with E-state index in [0.29, 0.717) is 27.4 Å². The Bertz CT molecular complexity index is 1170. The van der Waals surface area contributed by atoms with Crippen LogP contribution in [0, 0.1) is 5.82 Å². The predicted molar refractivity (Wildman–Crippen MR) is 123 cm³/mol. The number of hydrogen-bond donors (Lipinski definition) is 0. The van der Waals surface area contributed by atoms with Gasteiger partial charge in [-0.1, -0.05) is 59.2 Å². The fraction of sp³-hybridized carbons (Fsp3) is 0.130. The largest absolute Gasteiger partial charge is 0.483 e. The number of benzene rings is 3. The molecule has 0 aliphatic carbocycles. The van der Waals surface area contributed by atoms with Crippen molar-refractivity contribution < 1.29 is 9.13 Å². The van der Waals surface area contributed by atoms with Gasteiger partial charge in [-0.25, -0.2) is 4.39 Å². The number of hydrogen-bond acceptors (Lipinski definition) is 4. The minimum Gasteiger partial charge on any atom is -0.483 e. The number of nitrogens with zero attached hydrogens (tertiary/aromatic N) is 3. The molecule has 31 heavy (non-hydrogen) atoms. The first kappa shape index (κ1) is 21.7. The molecule has 0 bridgehead atoms. The predicted octanol–water partition coefficient (Wildman–Crippen LogP) is 7.15. The first-order valence-electron chi connectivity index (χ1n) is 9.51. The molecule has 4 rings (SSSR count). The summed E-state index contributed by atoms with van der Waals surface area (Å²) in [6.45, 7) is 1.89. The van der Waals surface area contributed by atoms with E-state index in [0.717, 1.165) is 16.4 Å². The van der Waals surface area contributed by atoms with Gasteiger partial charge in [-0.15, -0.1) is 10.2 Å². The fourth-order valence-corrected chi connectivity index (χ4v) is 4.23. The molecular formula is C23H18Cl2FN3OS. The van der Waals surface area contributed by atoms with Crippen LogP contribution in [0.2, 0.25) is 10.0 Å². The van der Waals surface area contributed by atoms with Gasteiger partial charge in [-0.05, 0) is 61.0 Å². The Morgan fingerprint density at radius 3 is 2.42 bits per heavy atom. The molecule has 4 aromatic rings. The van der Waals surface area contributed by atoms with Crippen LogP contribution in [0.4, 0.5) is 4.39 Å². The molecule has 1 atom stereocenters. The smallest absolute Gasteiger partial charge is 0.196 e. The van der Waals surface area contributed by atoms with Crippen molar-refractivity contribution in [1.82, 2.24) is 14.8 Å². The summed E-state index contributed by atoms with van der Waals surface area (Å²) in [4.78, 5) is 0. The summed E-state index contributed by atoms with van der Waals surface area (Å²) in [6, 6.07) is 21.3. The fourth-order valence-electron chi connectivity index (χ4n) is 3.01. The van der Waals surface area contributed by atoms with Crippen molar-refractivity contribution in [3.05, 3.63) is 100 Å². The van der Waals surface area contributed by atoms with Crippen LogP contribution in [0.15, 0.2) is 78.0 Å². The molecule has 3 aromatic carbocycles. The van der Waals surface area contributed by atoms with E-state index in [1.54, 1.807) is 18.2 Å². The van der Waals surface area contributed by atoms with E-state index in [-0.39, 0.29) is 5.82 Å². The highest BCUT2D eigenvalue weighted by Gasteiger charge is 2.21. The lowest BCUT2D eigenvalue weighted by atomic mass is 10.2. The summed E-state index contributed by atoms with van der Waals surface area (Å²) >= 11 is 13.7. The Hall–Kier alpha value is -2.54. The van der Waals surface area contributed by atoms with Gasteiger partial charge in [-0.2, -0.15) is 0 Å². The molecule has 0 spiro atoms. The summed E-state index contributed by atoms with van der Waals surface area (Å²) < 4.78 is 21.2. The summed E-state index contributed by atoms with van der Waals surface area (Å²) in [7, 11) is 0. The molecule has 0 radical (unpaired) electrons. The maximum atomic E-state index is 13.2. The summed E-state index contributed by atoms with van der Waals surface area (Å²) in [5.74, 6) is 1.54. The van der Waals surface area contributed by atoms with Crippen molar-refractivity contribution in [3.8, 4) is 11.4 Å². The van der Waals surface area contributed by atoms with Gasteiger partial charge in [0.15, 0.2) is 17.1 Å². The highest BCUT2D eigenvalue weighted by molar-refractivity contribution is 7.98. The van der Waals surface area contributed by atoms with E-state index < -0.39 is 6.10 Å². The highest BCUT2D eigenvalue weighted by atomic mass is 35.5. The Morgan fingerprint density at radius 1 is 0.968 bits per heavy atom. The first-order chi connectivity index (χ1) is 15.0. The van der Waals surface area contributed by atoms with E-state index in [1.807, 2.05) is 54.0 Å². The minimum atomic E-state index is -0.405. The number of halogens is 3. The first-order valence-corrected chi connectivity index (χ1v) is 11.2.